The summed E-state index contributed by atoms with van der Waals surface area (Å²) in [6.45, 7) is 8.12. The lowest BCUT2D eigenvalue weighted by Gasteiger charge is -2.19. The van der Waals surface area contributed by atoms with Crippen molar-refractivity contribution in [1.29, 1.82) is 0 Å². The molecule has 0 fully saturated rings. The first kappa shape index (κ1) is 24.3. The molecular weight excluding hydrogens is 400 g/mol. The van der Waals surface area contributed by atoms with Crippen molar-refractivity contribution < 1.29 is 24.0 Å². The Bertz CT molecular complexity index is 799. The molecule has 2 rings (SSSR count). The first-order chi connectivity index (χ1) is 14.6. The normalized spacial score (nSPS) is 16.2. The van der Waals surface area contributed by atoms with Gasteiger partial charge in [-0.1, -0.05) is 6.92 Å². The van der Waals surface area contributed by atoms with E-state index in [0.29, 0.717) is 31.6 Å². The van der Waals surface area contributed by atoms with E-state index in [-0.39, 0.29) is 36.6 Å². The number of hydroxylamine groups is 1. The molecule has 0 saturated carbocycles. The van der Waals surface area contributed by atoms with E-state index in [9.17, 15) is 14.4 Å². The fraction of sp³-hybridized carbons (Fsp3) is 0.545. The van der Waals surface area contributed by atoms with Gasteiger partial charge in [0.2, 0.25) is 17.7 Å². The van der Waals surface area contributed by atoms with Gasteiger partial charge in [-0.15, -0.1) is 0 Å². The molecule has 3 amide bonds. The fourth-order valence-corrected chi connectivity index (χ4v) is 2.81. The van der Waals surface area contributed by atoms with E-state index < -0.39 is 5.60 Å². The van der Waals surface area contributed by atoms with Crippen molar-refractivity contribution in [2.45, 2.75) is 59.0 Å². The summed E-state index contributed by atoms with van der Waals surface area (Å²) in [4.78, 5) is 40.0. The van der Waals surface area contributed by atoms with Crippen molar-refractivity contribution in [3.05, 3.63) is 29.8 Å². The van der Waals surface area contributed by atoms with E-state index in [2.05, 4.69) is 21.3 Å². The molecule has 9 nitrogen and oxygen atoms in total. The van der Waals surface area contributed by atoms with Crippen LogP contribution in [0.25, 0.3) is 0 Å². The number of benzene rings is 1. The van der Waals surface area contributed by atoms with E-state index in [0.717, 1.165) is 11.3 Å². The summed E-state index contributed by atoms with van der Waals surface area (Å²) in [5, 5.41) is 6.85. The maximum atomic E-state index is 11.9. The topological polar surface area (TPSA) is 118 Å². The van der Waals surface area contributed by atoms with Crippen molar-refractivity contribution in [3.8, 4) is 5.75 Å². The lowest BCUT2D eigenvalue weighted by molar-refractivity contribution is -0.145. The first-order valence-corrected chi connectivity index (χ1v) is 10.5. The summed E-state index contributed by atoms with van der Waals surface area (Å²) in [6.07, 6.45) is 1.45. The monoisotopic (exact) mass is 432 g/mol. The lowest BCUT2D eigenvalue weighted by atomic mass is 9.94. The molecule has 31 heavy (non-hydrogen) atoms. The zero-order chi connectivity index (χ0) is 22.9. The molecule has 1 heterocycles. The first-order valence-electron chi connectivity index (χ1n) is 10.5. The second kappa shape index (κ2) is 11.5. The highest BCUT2D eigenvalue weighted by atomic mass is 16.7. The van der Waals surface area contributed by atoms with Crippen LogP contribution in [0.3, 0.4) is 0 Å². The van der Waals surface area contributed by atoms with E-state index in [1.807, 2.05) is 52.0 Å². The lowest BCUT2D eigenvalue weighted by Crippen LogP contribution is -2.35. The third-order valence-electron chi connectivity index (χ3n) is 4.37. The summed E-state index contributed by atoms with van der Waals surface area (Å²) in [5.74, 6) is 0.287. The Balaban J connectivity index is 1.61. The standard InChI is InChI=1S/C22H32N4O5/c1-15-14-20(29)24-25-21(15)16-7-9-17(10-8-16)30-13-5-6-18(27)23-12-11-19(28)26-31-22(2,3)4/h7-10,15H,5-6,11-14H2,1-4H3,(H,23,27)(H,24,29)(H,26,28). The highest BCUT2D eigenvalue weighted by molar-refractivity contribution is 6.05. The highest BCUT2D eigenvalue weighted by Gasteiger charge is 2.21. The average molecular weight is 433 g/mol. The van der Waals surface area contributed by atoms with Crippen LogP contribution in [0.5, 0.6) is 5.75 Å². The van der Waals surface area contributed by atoms with Crippen LogP contribution in [0.4, 0.5) is 0 Å². The second-order valence-corrected chi connectivity index (χ2v) is 8.45. The molecule has 9 heteroatoms. The Kier molecular flexibility index (Phi) is 8.99. The Labute approximate surface area is 182 Å². The minimum Gasteiger partial charge on any atom is -0.494 e. The molecule has 0 saturated heterocycles. The van der Waals surface area contributed by atoms with Crippen LogP contribution in [-0.2, 0) is 19.2 Å². The molecule has 1 aliphatic rings. The van der Waals surface area contributed by atoms with Crippen molar-refractivity contribution in [2.75, 3.05) is 13.2 Å². The molecule has 0 bridgehead atoms. The van der Waals surface area contributed by atoms with Crippen LogP contribution in [0.15, 0.2) is 29.4 Å². The van der Waals surface area contributed by atoms with Gasteiger partial charge in [0.25, 0.3) is 0 Å². The van der Waals surface area contributed by atoms with E-state index in [4.69, 9.17) is 9.57 Å². The van der Waals surface area contributed by atoms with Crippen LogP contribution in [0.1, 0.15) is 58.9 Å². The predicted molar refractivity (Wildman–Crippen MR) is 116 cm³/mol. The molecule has 1 aromatic rings. The Morgan fingerprint density at radius 1 is 1.16 bits per heavy atom. The van der Waals surface area contributed by atoms with Crippen molar-refractivity contribution in [1.82, 2.24) is 16.2 Å². The van der Waals surface area contributed by atoms with Gasteiger partial charge in [-0.25, -0.2) is 10.9 Å². The van der Waals surface area contributed by atoms with Gasteiger partial charge in [0, 0.05) is 31.7 Å². The van der Waals surface area contributed by atoms with Crippen LogP contribution in [0, 0.1) is 5.92 Å². The van der Waals surface area contributed by atoms with Crippen LogP contribution in [0.2, 0.25) is 0 Å². The van der Waals surface area contributed by atoms with Gasteiger partial charge in [0.05, 0.1) is 17.9 Å². The number of carbonyl (C=O) groups excluding carboxylic acids is 3. The van der Waals surface area contributed by atoms with Crippen LogP contribution >= 0.6 is 0 Å². The minimum absolute atomic E-state index is 0.0659. The number of hydrazone groups is 1. The summed E-state index contributed by atoms with van der Waals surface area (Å²) >= 11 is 0. The van der Waals surface area contributed by atoms with Gasteiger partial charge in [-0.2, -0.15) is 5.10 Å². The third kappa shape index (κ3) is 9.17. The maximum Gasteiger partial charge on any atom is 0.245 e. The van der Waals surface area contributed by atoms with Gasteiger partial charge in [-0.3, -0.25) is 19.2 Å². The van der Waals surface area contributed by atoms with Gasteiger partial charge in [-0.05, 0) is 57.0 Å². The second-order valence-electron chi connectivity index (χ2n) is 8.45. The summed E-state index contributed by atoms with van der Waals surface area (Å²) in [5.41, 5.74) is 6.20. The Morgan fingerprint density at radius 3 is 2.52 bits per heavy atom. The van der Waals surface area contributed by atoms with E-state index >= 15 is 0 Å². The molecule has 1 unspecified atom stereocenters. The predicted octanol–water partition coefficient (Wildman–Crippen LogP) is 2.06. The molecule has 0 radical (unpaired) electrons. The van der Waals surface area contributed by atoms with Crippen LogP contribution < -0.4 is 21.0 Å². The number of rotatable bonds is 10. The molecule has 1 atom stereocenters. The number of nitrogens with one attached hydrogen (secondary N) is 3. The number of hydrogen-bond donors (Lipinski definition) is 3. The number of nitrogens with zero attached hydrogens (tertiary/aromatic N) is 1. The van der Waals surface area contributed by atoms with E-state index in [1.54, 1.807) is 0 Å². The number of ether oxygens (including phenoxy) is 1. The van der Waals surface area contributed by atoms with E-state index in [1.165, 1.54) is 0 Å². The summed E-state index contributed by atoms with van der Waals surface area (Å²) in [7, 11) is 0. The maximum absolute atomic E-state index is 11.9. The third-order valence-corrected chi connectivity index (χ3v) is 4.37. The summed E-state index contributed by atoms with van der Waals surface area (Å²) in [6, 6.07) is 7.51. The van der Waals surface area contributed by atoms with Crippen molar-refractivity contribution in [3.63, 3.8) is 0 Å². The number of carbonyl (C=O) groups is 3. The molecule has 0 spiro atoms. The molecule has 3 N–H and O–H groups in total. The van der Waals surface area contributed by atoms with Gasteiger partial charge < -0.3 is 10.1 Å². The van der Waals surface area contributed by atoms with Crippen molar-refractivity contribution >= 4 is 23.4 Å². The van der Waals surface area contributed by atoms with Gasteiger partial charge in [0.15, 0.2) is 0 Å². The largest absolute Gasteiger partial charge is 0.494 e. The number of amides is 3. The molecule has 170 valence electrons. The minimum atomic E-state index is -0.459. The molecule has 1 aliphatic heterocycles. The van der Waals surface area contributed by atoms with Gasteiger partial charge >= 0.3 is 0 Å². The molecule has 1 aromatic carbocycles. The molecule has 0 aromatic heterocycles. The summed E-state index contributed by atoms with van der Waals surface area (Å²) < 4.78 is 5.68. The zero-order valence-electron chi connectivity index (χ0n) is 18.6. The number of hydrogen-bond acceptors (Lipinski definition) is 6. The van der Waals surface area contributed by atoms with Crippen LogP contribution in [-0.4, -0.2) is 42.2 Å². The quantitative estimate of drug-likeness (QED) is 0.386. The Morgan fingerprint density at radius 2 is 1.87 bits per heavy atom. The SMILES string of the molecule is CC1CC(=O)NN=C1c1ccc(OCCCC(=O)NCCC(=O)NOC(C)(C)C)cc1. The molecule has 0 aliphatic carbocycles. The Hall–Kier alpha value is -2.94. The van der Waals surface area contributed by atoms with Crippen molar-refractivity contribution in [2.24, 2.45) is 11.0 Å². The fourth-order valence-electron chi connectivity index (χ4n) is 2.81. The highest BCUT2D eigenvalue weighted by Crippen LogP contribution is 2.19. The molecular formula is C22H32N4O5. The smallest absolute Gasteiger partial charge is 0.245 e. The van der Waals surface area contributed by atoms with Gasteiger partial charge in [0.1, 0.15) is 5.75 Å². The average Bonchev–Trinajstić information content (AvgIpc) is 2.70. The zero-order valence-corrected chi connectivity index (χ0v) is 18.6.